The Bertz CT molecular complexity index is 1300. The number of carbonyl (C=O) groups is 2. The lowest BCUT2D eigenvalue weighted by molar-refractivity contribution is -0.150. The minimum absolute atomic E-state index is 0.0106. The van der Waals surface area contributed by atoms with Crippen LogP contribution < -0.4 is 21.5 Å². The summed E-state index contributed by atoms with van der Waals surface area (Å²) in [7, 11) is 0. The van der Waals surface area contributed by atoms with E-state index in [2.05, 4.69) is 25.9 Å². The second-order valence-corrected chi connectivity index (χ2v) is 9.69. The molecule has 10 nitrogen and oxygen atoms in total. The van der Waals surface area contributed by atoms with Crippen LogP contribution >= 0.6 is 0 Å². The third kappa shape index (κ3) is 4.43. The average molecular weight is 506 g/mol. The summed E-state index contributed by atoms with van der Waals surface area (Å²) < 4.78 is 39.9. The molecular formula is C23H26F3N7O3. The highest BCUT2D eigenvalue weighted by Gasteiger charge is 2.47. The molecule has 2 aromatic heterocycles. The van der Waals surface area contributed by atoms with E-state index in [-0.39, 0.29) is 49.1 Å². The molecule has 0 aromatic carbocycles. The van der Waals surface area contributed by atoms with Crippen molar-refractivity contribution < 1.29 is 22.8 Å². The number of halogens is 3. The summed E-state index contributed by atoms with van der Waals surface area (Å²) in [4.78, 5) is 48.2. The lowest BCUT2D eigenvalue weighted by Crippen LogP contribution is -2.55. The molecule has 2 fully saturated rings. The zero-order valence-electron chi connectivity index (χ0n) is 19.8. The summed E-state index contributed by atoms with van der Waals surface area (Å²) in [5, 5.41) is 8.66. The van der Waals surface area contributed by atoms with Gasteiger partial charge in [0, 0.05) is 37.4 Å². The molecule has 2 aliphatic heterocycles. The van der Waals surface area contributed by atoms with E-state index in [4.69, 9.17) is 0 Å². The molecule has 0 radical (unpaired) electrons. The monoisotopic (exact) mass is 505 g/mol. The Morgan fingerprint density at radius 1 is 1.17 bits per heavy atom. The molecule has 1 aliphatic carbocycles. The number of fused-ring (bicyclic) bond motifs is 2. The van der Waals surface area contributed by atoms with Gasteiger partial charge in [0.25, 0.3) is 11.5 Å². The van der Waals surface area contributed by atoms with Crippen molar-refractivity contribution >= 4 is 29.1 Å². The molecule has 4 heterocycles. The SMILES string of the molecule is Cc1cc(Nc2ncnc(NC(=O)C3CC3)c2C)c(=O)n2c1C(=O)NC21CCN(CC(F)(F)F)CC1. The first kappa shape index (κ1) is 24.2. The normalized spacial score (nSPS) is 19.2. The second-order valence-electron chi connectivity index (χ2n) is 9.69. The van der Waals surface area contributed by atoms with Gasteiger partial charge in [0.15, 0.2) is 0 Å². The van der Waals surface area contributed by atoms with Gasteiger partial charge in [-0.3, -0.25) is 23.9 Å². The van der Waals surface area contributed by atoms with Crippen molar-refractivity contribution in [3.05, 3.63) is 39.6 Å². The van der Waals surface area contributed by atoms with Gasteiger partial charge in [-0.2, -0.15) is 13.2 Å². The van der Waals surface area contributed by atoms with E-state index >= 15 is 0 Å². The van der Waals surface area contributed by atoms with E-state index in [0.717, 1.165) is 12.8 Å². The smallest absolute Gasteiger partial charge is 0.335 e. The molecule has 0 atom stereocenters. The first-order chi connectivity index (χ1) is 17.0. The minimum Gasteiger partial charge on any atom is -0.335 e. The van der Waals surface area contributed by atoms with E-state index in [1.165, 1.54) is 15.8 Å². The number of amides is 2. The van der Waals surface area contributed by atoms with E-state index in [1.807, 2.05) is 0 Å². The molecule has 1 spiro atoms. The summed E-state index contributed by atoms with van der Waals surface area (Å²) in [6, 6.07) is 1.55. The van der Waals surface area contributed by atoms with Gasteiger partial charge in [-0.15, -0.1) is 0 Å². The Balaban J connectivity index is 1.45. The van der Waals surface area contributed by atoms with Gasteiger partial charge in [-0.25, -0.2) is 9.97 Å². The fraction of sp³-hybridized carbons (Fsp3) is 0.522. The van der Waals surface area contributed by atoms with Crippen LogP contribution in [-0.2, 0) is 10.5 Å². The molecule has 2 amide bonds. The van der Waals surface area contributed by atoms with Crippen molar-refractivity contribution in [3.63, 3.8) is 0 Å². The number of carbonyl (C=O) groups excluding carboxylic acids is 2. The van der Waals surface area contributed by atoms with Crippen LogP contribution in [-0.4, -0.2) is 57.1 Å². The van der Waals surface area contributed by atoms with Gasteiger partial charge in [0.05, 0.1) is 6.54 Å². The molecule has 3 N–H and O–H groups in total. The number of rotatable bonds is 5. The lowest BCUT2D eigenvalue weighted by atomic mass is 9.96. The first-order valence-corrected chi connectivity index (χ1v) is 11.8. The highest BCUT2D eigenvalue weighted by molar-refractivity contribution is 5.97. The first-order valence-electron chi connectivity index (χ1n) is 11.8. The summed E-state index contributed by atoms with van der Waals surface area (Å²) in [5.74, 6) is 0.110. The van der Waals surface area contributed by atoms with Gasteiger partial charge in [-0.05, 0) is 38.3 Å². The van der Waals surface area contributed by atoms with Gasteiger partial charge in [0.2, 0.25) is 5.91 Å². The van der Waals surface area contributed by atoms with Gasteiger partial charge < -0.3 is 16.0 Å². The lowest BCUT2D eigenvalue weighted by Gasteiger charge is -2.40. The summed E-state index contributed by atoms with van der Waals surface area (Å²) in [5.41, 5.74) is -0.146. The number of nitrogens with zero attached hydrogens (tertiary/aromatic N) is 4. The molecular weight excluding hydrogens is 479 g/mol. The zero-order valence-corrected chi connectivity index (χ0v) is 19.8. The maximum atomic E-state index is 13.6. The minimum atomic E-state index is -4.32. The van der Waals surface area contributed by atoms with Crippen molar-refractivity contribution in [2.24, 2.45) is 5.92 Å². The van der Waals surface area contributed by atoms with E-state index < -0.39 is 29.9 Å². The van der Waals surface area contributed by atoms with Crippen molar-refractivity contribution in [1.29, 1.82) is 0 Å². The van der Waals surface area contributed by atoms with E-state index in [1.54, 1.807) is 19.9 Å². The Morgan fingerprint density at radius 3 is 2.47 bits per heavy atom. The molecule has 3 aliphatic rings. The number of hydrogen-bond donors (Lipinski definition) is 3. The van der Waals surface area contributed by atoms with Crippen molar-refractivity contribution in [1.82, 2.24) is 24.8 Å². The number of pyridine rings is 1. The molecule has 5 rings (SSSR count). The molecule has 192 valence electrons. The Kier molecular flexibility index (Phi) is 5.77. The fourth-order valence-corrected chi connectivity index (χ4v) is 4.93. The van der Waals surface area contributed by atoms with Gasteiger partial charge in [-0.1, -0.05) is 0 Å². The molecule has 0 unspecified atom stereocenters. The predicted molar refractivity (Wildman–Crippen MR) is 124 cm³/mol. The number of nitrogens with one attached hydrogen (secondary N) is 3. The number of likely N-dealkylation sites (tertiary alicyclic amines) is 1. The van der Waals surface area contributed by atoms with Crippen LogP contribution in [0.4, 0.5) is 30.5 Å². The fourth-order valence-electron chi connectivity index (χ4n) is 4.93. The third-order valence-corrected chi connectivity index (χ3v) is 6.99. The van der Waals surface area contributed by atoms with Crippen molar-refractivity contribution in [2.75, 3.05) is 30.3 Å². The highest BCUT2D eigenvalue weighted by Crippen LogP contribution is 2.35. The van der Waals surface area contributed by atoms with Crippen LogP contribution in [0, 0.1) is 19.8 Å². The molecule has 36 heavy (non-hydrogen) atoms. The van der Waals surface area contributed by atoms with Crippen LogP contribution in [0.1, 0.15) is 47.3 Å². The van der Waals surface area contributed by atoms with E-state index in [0.29, 0.717) is 22.8 Å². The highest BCUT2D eigenvalue weighted by atomic mass is 19.4. The summed E-state index contributed by atoms with van der Waals surface area (Å²) in [6.45, 7) is 2.54. The Labute approximate surface area is 204 Å². The van der Waals surface area contributed by atoms with E-state index in [9.17, 15) is 27.6 Å². The predicted octanol–water partition coefficient (Wildman–Crippen LogP) is 2.40. The van der Waals surface area contributed by atoms with Crippen LogP contribution in [0.25, 0.3) is 0 Å². The molecule has 0 bridgehead atoms. The molecule has 1 saturated carbocycles. The van der Waals surface area contributed by atoms with Gasteiger partial charge in [0.1, 0.15) is 35.0 Å². The topological polar surface area (TPSA) is 121 Å². The van der Waals surface area contributed by atoms with Gasteiger partial charge >= 0.3 is 6.18 Å². The average Bonchev–Trinajstić information content (AvgIpc) is 3.60. The quantitative estimate of drug-likeness (QED) is 0.571. The van der Waals surface area contributed by atoms with Crippen molar-refractivity contribution in [3.8, 4) is 0 Å². The number of hydrogen-bond acceptors (Lipinski definition) is 7. The number of alkyl halides is 3. The zero-order chi connectivity index (χ0) is 25.8. The Hall–Kier alpha value is -3.48. The standard InChI is InChI=1S/C23H26F3N7O3/c1-12-9-15(29-17-13(2)18(28-11-27-17)30-19(34)14-3-4-14)21(36)33-16(12)20(35)31-22(33)5-7-32(8-6-22)10-23(24,25)26/h9,11,14H,3-8,10H2,1-2H3,(H,31,35)(H2,27,28,29,30,34). The second kappa shape index (κ2) is 8.57. The van der Waals surface area contributed by atoms with Crippen LogP contribution in [0.2, 0.25) is 0 Å². The molecule has 13 heteroatoms. The number of aryl methyl sites for hydroxylation is 1. The van der Waals surface area contributed by atoms with Crippen LogP contribution in [0.5, 0.6) is 0 Å². The molecule has 2 aromatic rings. The third-order valence-electron chi connectivity index (χ3n) is 6.99. The number of piperidine rings is 1. The Morgan fingerprint density at radius 2 is 1.83 bits per heavy atom. The number of anilines is 3. The summed E-state index contributed by atoms with van der Waals surface area (Å²) >= 11 is 0. The van der Waals surface area contributed by atoms with Crippen molar-refractivity contribution in [2.45, 2.75) is 51.4 Å². The molecule has 1 saturated heterocycles. The van der Waals surface area contributed by atoms with Crippen LogP contribution in [0.15, 0.2) is 17.2 Å². The maximum absolute atomic E-state index is 13.6. The largest absolute Gasteiger partial charge is 0.401 e. The maximum Gasteiger partial charge on any atom is 0.401 e. The number of aromatic nitrogens is 3. The van der Waals surface area contributed by atoms with Crippen LogP contribution in [0.3, 0.4) is 0 Å². The summed E-state index contributed by atoms with van der Waals surface area (Å²) in [6.07, 6.45) is -1.04.